The van der Waals surface area contributed by atoms with Crippen molar-refractivity contribution in [2.24, 2.45) is 0 Å². The Kier molecular flexibility index (Phi) is 7.34. The van der Waals surface area contributed by atoms with E-state index in [1.165, 1.54) is 11.1 Å². The second-order valence-electron chi connectivity index (χ2n) is 7.86. The van der Waals surface area contributed by atoms with Gasteiger partial charge in [0, 0.05) is 26.1 Å². The number of aromatic nitrogens is 2. The molecule has 7 nitrogen and oxygen atoms in total. The van der Waals surface area contributed by atoms with E-state index in [4.69, 9.17) is 19.2 Å². The first-order valence-electron chi connectivity index (χ1n) is 11.3. The zero-order chi connectivity index (χ0) is 21.5. The zero-order valence-corrected chi connectivity index (χ0v) is 18.2. The van der Waals surface area contributed by atoms with Crippen molar-refractivity contribution in [3.05, 3.63) is 46.8 Å². The Morgan fingerprint density at radius 1 is 1.16 bits per heavy atom. The molecule has 0 amide bonds. The third kappa shape index (κ3) is 5.33. The number of hydrogen-bond acceptors (Lipinski definition) is 7. The molecule has 7 heteroatoms. The fourth-order valence-electron chi connectivity index (χ4n) is 4.16. The molecule has 1 fully saturated rings. The number of nitrogens with zero attached hydrogens (tertiary/aromatic N) is 4. The molecule has 1 unspecified atom stereocenters. The van der Waals surface area contributed by atoms with E-state index in [-0.39, 0.29) is 6.29 Å². The predicted molar refractivity (Wildman–Crippen MR) is 117 cm³/mol. The summed E-state index contributed by atoms with van der Waals surface area (Å²) in [6, 6.07) is 10.8. The Balaban J connectivity index is 1.53. The summed E-state index contributed by atoms with van der Waals surface area (Å²) in [5.74, 6) is 1.66. The molecule has 0 bridgehead atoms. The fourth-order valence-corrected chi connectivity index (χ4v) is 4.16. The summed E-state index contributed by atoms with van der Waals surface area (Å²) in [5.41, 5.74) is 3.14. The number of nitriles is 1. The van der Waals surface area contributed by atoms with Crippen LogP contribution in [0.2, 0.25) is 0 Å². The van der Waals surface area contributed by atoms with Crippen LogP contribution in [0.5, 0.6) is 5.88 Å². The Bertz CT molecular complexity index is 895. The molecule has 1 aromatic carbocycles. The van der Waals surface area contributed by atoms with Gasteiger partial charge in [-0.25, -0.2) is 4.98 Å². The summed E-state index contributed by atoms with van der Waals surface area (Å²) in [6.45, 7) is 5.19. The molecule has 2 aliphatic rings. The third-order valence-corrected chi connectivity index (χ3v) is 5.78. The maximum atomic E-state index is 9.86. The van der Waals surface area contributed by atoms with E-state index >= 15 is 0 Å². The molecule has 4 rings (SSSR count). The van der Waals surface area contributed by atoms with Gasteiger partial charge >= 0.3 is 0 Å². The largest absolute Gasteiger partial charge is 0.477 e. The van der Waals surface area contributed by atoms with Gasteiger partial charge in [-0.2, -0.15) is 10.2 Å². The lowest BCUT2D eigenvalue weighted by molar-refractivity contribution is -0.161. The van der Waals surface area contributed by atoms with Crippen molar-refractivity contribution < 1.29 is 14.2 Å². The Hall–Kier alpha value is -2.69. The van der Waals surface area contributed by atoms with Gasteiger partial charge in [0.15, 0.2) is 17.7 Å². The molecule has 31 heavy (non-hydrogen) atoms. The minimum Gasteiger partial charge on any atom is -0.477 e. The number of fused-ring (bicyclic) bond motifs is 1. The number of ether oxygens (including phenoxy) is 3. The van der Waals surface area contributed by atoms with E-state index < -0.39 is 0 Å². The third-order valence-electron chi connectivity index (χ3n) is 5.78. The number of hydrogen-bond donors (Lipinski definition) is 0. The highest BCUT2D eigenvalue weighted by atomic mass is 16.7. The van der Waals surface area contributed by atoms with Crippen molar-refractivity contribution in [3.8, 4) is 11.9 Å². The maximum Gasteiger partial charge on any atom is 0.237 e. The van der Waals surface area contributed by atoms with Crippen LogP contribution in [0.1, 0.15) is 48.7 Å². The molecule has 164 valence electrons. The van der Waals surface area contributed by atoms with E-state index in [0.29, 0.717) is 42.7 Å². The van der Waals surface area contributed by atoms with Gasteiger partial charge in [-0.15, -0.1) is 0 Å². The summed E-state index contributed by atoms with van der Waals surface area (Å²) in [5, 5.41) is 9.86. The minimum atomic E-state index is -0.137. The number of rotatable bonds is 7. The summed E-state index contributed by atoms with van der Waals surface area (Å²) in [6.07, 6.45) is 5.42. The van der Waals surface area contributed by atoms with Crippen molar-refractivity contribution in [2.45, 2.75) is 51.7 Å². The summed E-state index contributed by atoms with van der Waals surface area (Å²) >= 11 is 0. The first kappa shape index (κ1) is 21.5. The quantitative estimate of drug-likeness (QED) is 0.676. The minimum absolute atomic E-state index is 0.137. The van der Waals surface area contributed by atoms with Gasteiger partial charge in [0.2, 0.25) is 5.88 Å². The van der Waals surface area contributed by atoms with E-state index in [9.17, 15) is 5.26 Å². The van der Waals surface area contributed by atoms with E-state index in [2.05, 4.69) is 40.2 Å². The molecular weight excluding hydrogens is 392 g/mol. The number of benzene rings is 1. The van der Waals surface area contributed by atoms with Gasteiger partial charge in [-0.1, -0.05) is 24.3 Å². The van der Waals surface area contributed by atoms with Crippen molar-refractivity contribution in [3.63, 3.8) is 0 Å². The van der Waals surface area contributed by atoms with Crippen LogP contribution in [0.25, 0.3) is 0 Å². The monoisotopic (exact) mass is 422 g/mol. The molecular formula is C24H30N4O3. The van der Waals surface area contributed by atoms with Gasteiger partial charge in [0.25, 0.3) is 0 Å². The topological polar surface area (TPSA) is 80.5 Å². The van der Waals surface area contributed by atoms with Crippen molar-refractivity contribution in [1.29, 1.82) is 5.26 Å². The molecule has 0 radical (unpaired) electrons. The molecule has 0 saturated carbocycles. The molecule has 1 atom stereocenters. The van der Waals surface area contributed by atoms with Gasteiger partial charge in [-0.05, 0) is 50.2 Å². The predicted octanol–water partition coefficient (Wildman–Crippen LogP) is 3.44. The van der Waals surface area contributed by atoms with Crippen molar-refractivity contribution in [1.82, 2.24) is 9.97 Å². The highest BCUT2D eigenvalue weighted by Gasteiger charge is 2.23. The van der Waals surface area contributed by atoms with Crippen LogP contribution >= 0.6 is 0 Å². The Morgan fingerprint density at radius 2 is 1.94 bits per heavy atom. The molecule has 0 spiro atoms. The van der Waals surface area contributed by atoms with Crippen LogP contribution < -0.4 is 9.64 Å². The highest BCUT2D eigenvalue weighted by Crippen LogP contribution is 2.28. The second kappa shape index (κ2) is 10.6. The van der Waals surface area contributed by atoms with Crippen LogP contribution in [0.4, 0.5) is 5.82 Å². The average molecular weight is 423 g/mol. The highest BCUT2D eigenvalue weighted by molar-refractivity contribution is 5.59. The molecule has 2 aromatic rings. The lowest BCUT2D eigenvalue weighted by Gasteiger charge is -2.24. The first-order chi connectivity index (χ1) is 15.3. The van der Waals surface area contributed by atoms with Gasteiger partial charge in [0.1, 0.15) is 11.9 Å². The van der Waals surface area contributed by atoms with Crippen molar-refractivity contribution >= 4 is 5.82 Å². The Morgan fingerprint density at radius 3 is 2.58 bits per heavy atom. The van der Waals surface area contributed by atoms with Crippen LogP contribution in [-0.2, 0) is 28.7 Å². The Labute approximate surface area is 184 Å². The van der Waals surface area contributed by atoms with E-state index in [1.807, 2.05) is 6.92 Å². The fraction of sp³-hybridized carbons (Fsp3) is 0.542. The maximum absolute atomic E-state index is 9.86. The standard InChI is InChI=1S/C24H30N4O3/c1-2-29-24-20(17-25)23(28-13-10-18-7-3-4-8-19(18)11-14-28)26-21(27-24)12-16-31-22-9-5-6-15-30-22/h3-4,7-8,22H,2,5-6,9-16H2,1H3. The van der Waals surface area contributed by atoms with Crippen molar-refractivity contribution in [2.75, 3.05) is 37.8 Å². The van der Waals surface area contributed by atoms with Crippen LogP contribution in [-0.4, -0.2) is 49.2 Å². The lowest BCUT2D eigenvalue weighted by Crippen LogP contribution is -2.29. The van der Waals surface area contributed by atoms with E-state index in [1.54, 1.807) is 0 Å². The normalized spacial score (nSPS) is 18.7. The van der Waals surface area contributed by atoms with Crippen LogP contribution in [0, 0.1) is 11.3 Å². The molecule has 0 aliphatic carbocycles. The van der Waals surface area contributed by atoms with Crippen LogP contribution in [0.15, 0.2) is 24.3 Å². The molecule has 0 N–H and O–H groups in total. The van der Waals surface area contributed by atoms with Gasteiger partial charge in [-0.3, -0.25) is 0 Å². The lowest BCUT2D eigenvalue weighted by atomic mass is 10.0. The van der Waals surface area contributed by atoms with E-state index in [0.717, 1.165) is 51.8 Å². The summed E-state index contributed by atoms with van der Waals surface area (Å²) in [7, 11) is 0. The molecule has 1 aromatic heterocycles. The van der Waals surface area contributed by atoms with Crippen LogP contribution in [0.3, 0.4) is 0 Å². The van der Waals surface area contributed by atoms with Gasteiger partial charge in [0.05, 0.1) is 13.2 Å². The zero-order valence-electron chi connectivity index (χ0n) is 18.2. The number of anilines is 1. The molecule has 2 aliphatic heterocycles. The van der Waals surface area contributed by atoms with Gasteiger partial charge < -0.3 is 19.1 Å². The SMILES string of the molecule is CCOc1nc(CCOC2CCCCO2)nc(N2CCc3ccccc3CC2)c1C#N. The molecule has 1 saturated heterocycles. The smallest absolute Gasteiger partial charge is 0.237 e. The first-order valence-corrected chi connectivity index (χ1v) is 11.3. The molecule has 3 heterocycles. The summed E-state index contributed by atoms with van der Waals surface area (Å²) < 4.78 is 17.2. The summed E-state index contributed by atoms with van der Waals surface area (Å²) in [4.78, 5) is 11.5. The average Bonchev–Trinajstić information content (AvgIpc) is 3.02. The second-order valence-corrected chi connectivity index (χ2v) is 7.86.